The summed E-state index contributed by atoms with van der Waals surface area (Å²) in [6.07, 6.45) is 0. The second-order valence-corrected chi connectivity index (χ2v) is 5.27. The van der Waals surface area contributed by atoms with Gasteiger partial charge in [0.25, 0.3) is 20.2 Å². The van der Waals surface area contributed by atoms with E-state index in [0.717, 1.165) is 18.2 Å². The zero-order chi connectivity index (χ0) is 11.0. The summed E-state index contributed by atoms with van der Waals surface area (Å²) in [5.74, 6) is 0. The van der Waals surface area contributed by atoms with Gasteiger partial charge in [0.05, 0.1) is 9.79 Å². The summed E-state index contributed by atoms with van der Waals surface area (Å²) in [4.78, 5) is -1.18. The summed E-state index contributed by atoms with van der Waals surface area (Å²) < 4.78 is 59.5. The SMILES string of the molecule is O=S(=O)(O)c1cccc(S(=O)(=O)O)c1.[H-].[K+]. The third-order valence-corrected chi connectivity index (χ3v) is 3.10. The fraction of sp³-hybridized carbons (Fsp3) is 0. The monoisotopic (exact) mass is 278 g/mol. The van der Waals surface area contributed by atoms with Crippen molar-refractivity contribution in [2.24, 2.45) is 0 Å². The van der Waals surface area contributed by atoms with Crippen molar-refractivity contribution in [2.45, 2.75) is 9.79 Å². The molecule has 0 amide bonds. The van der Waals surface area contributed by atoms with Crippen LogP contribution in [0.15, 0.2) is 34.1 Å². The van der Waals surface area contributed by atoms with Gasteiger partial charge in [0.15, 0.2) is 0 Å². The molecule has 80 valence electrons. The molecule has 0 saturated carbocycles. The molecule has 2 N–H and O–H groups in total. The minimum Gasteiger partial charge on any atom is -1.00 e. The van der Waals surface area contributed by atoms with Gasteiger partial charge in [0.2, 0.25) is 0 Å². The minimum absolute atomic E-state index is 0. The van der Waals surface area contributed by atoms with E-state index < -0.39 is 30.0 Å². The summed E-state index contributed by atoms with van der Waals surface area (Å²) >= 11 is 0. The Morgan fingerprint density at radius 2 is 1.27 bits per heavy atom. The average molecular weight is 278 g/mol. The summed E-state index contributed by atoms with van der Waals surface area (Å²) in [6, 6.07) is 3.75. The Balaban J connectivity index is 0. The first-order valence-corrected chi connectivity index (χ1v) is 6.14. The van der Waals surface area contributed by atoms with E-state index in [4.69, 9.17) is 9.11 Å². The van der Waals surface area contributed by atoms with Crippen molar-refractivity contribution in [2.75, 3.05) is 0 Å². The largest absolute Gasteiger partial charge is 1.00 e. The molecule has 0 fully saturated rings. The Morgan fingerprint density at radius 1 is 0.933 bits per heavy atom. The molecule has 0 aliphatic carbocycles. The Kier molecular flexibility index (Phi) is 5.58. The van der Waals surface area contributed by atoms with Crippen LogP contribution in [-0.4, -0.2) is 25.9 Å². The van der Waals surface area contributed by atoms with Gasteiger partial charge in [-0.3, -0.25) is 9.11 Å². The van der Waals surface area contributed by atoms with Gasteiger partial charge in [-0.1, -0.05) is 6.07 Å². The fourth-order valence-electron chi connectivity index (χ4n) is 0.795. The Bertz CT molecular complexity index is 505. The van der Waals surface area contributed by atoms with E-state index in [1.54, 1.807) is 0 Å². The van der Waals surface area contributed by atoms with E-state index in [-0.39, 0.29) is 52.8 Å². The van der Waals surface area contributed by atoms with Crippen molar-refractivity contribution in [1.29, 1.82) is 0 Å². The van der Waals surface area contributed by atoms with Gasteiger partial charge in [-0.05, 0) is 18.2 Å². The van der Waals surface area contributed by atoms with Crippen LogP contribution in [0.5, 0.6) is 0 Å². The summed E-state index contributed by atoms with van der Waals surface area (Å²) in [7, 11) is -8.92. The first-order chi connectivity index (χ1) is 6.21. The van der Waals surface area contributed by atoms with Crippen molar-refractivity contribution in [3.8, 4) is 0 Å². The molecule has 1 aromatic carbocycles. The van der Waals surface area contributed by atoms with E-state index >= 15 is 0 Å². The molecule has 15 heavy (non-hydrogen) atoms. The quantitative estimate of drug-likeness (QED) is 0.450. The first-order valence-electron chi connectivity index (χ1n) is 3.26. The van der Waals surface area contributed by atoms with Crippen molar-refractivity contribution in [3.05, 3.63) is 24.3 Å². The molecule has 1 rings (SSSR count). The predicted octanol–water partition coefficient (Wildman–Crippen LogP) is -2.70. The smallest absolute Gasteiger partial charge is 1.00 e. The molecule has 0 aromatic heterocycles. The van der Waals surface area contributed by atoms with E-state index in [0.29, 0.717) is 6.07 Å². The number of hydrogen-bond donors (Lipinski definition) is 2. The second kappa shape index (κ2) is 5.34. The molecule has 0 atom stereocenters. The molecule has 1 aromatic rings. The summed E-state index contributed by atoms with van der Waals surface area (Å²) in [5.41, 5.74) is 0. The molecule has 0 spiro atoms. The molecule has 0 saturated heterocycles. The predicted molar refractivity (Wildman–Crippen MR) is 47.2 cm³/mol. The third kappa shape index (κ3) is 4.59. The molecule has 0 aliphatic heterocycles. The van der Waals surface area contributed by atoms with E-state index in [1.165, 1.54) is 0 Å². The Morgan fingerprint density at radius 3 is 1.53 bits per heavy atom. The normalized spacial score (nSPS) is 11.9. The van der Waals surface area contributed by atoms with Crippen molar-refractivity contribution in [3.63, 3.8) is 0 Å². The number of hydrogen-bond acceptors (Lipinski definition) is 4. The molecular weight excluding hydrogens is 271 g/mol. The third-order valence-electron chi connectivity index (χ3n) is 1.40. The van der Waals surface area contributed by atoms with Crippen LogP contribution < -0.4 is 51.4 Å². The molecule has 0 bridgehead atoms. The standard InChI is InChI=1S/C6H6O6S2.K.H/c7-13(8,9)5-2-1-3-6(4-5)14(10,11)12;;/h1-4H,(H,7,8,9)(H,10,11,12);;/q;+1;-1. The van der Waals surface area contributed by atoms with Crippen LogP contribution in [0.1, 0.15) is 1.43 Å². The topological polar surface area (TPSA) is 109 Å². The van der Waals surface area contributed by atoms with Crippen molar-refractivity contribution in [1.82, 2.24) is 0 Å². The van der Waals surface area contributed by atoms with E-state index in [2.05, 4.69) is 0 Å². The van der Waals surface area contributed by atoms with Gasteiger partial charge in [0, 0.05) is 0 Å². The molecule has 6 nitrogen and oxygen atoms in total. The molecule has 0 unspecified atom stereocenters. The average Bonchev–Trinajstić information content (AvgIpc) is 2.01. The maximum absolute atomic E-state index is 10.6. The molecular formula is C6H7KO6S2. The number of rotatable bonds is 2. The van der Waals surface area contributed by atoms with Crippen molar-refractivity contribution < 1.29 is 78.8 Å². The van der Waals surface area contributed by atoms with Crippen LogP contribution in [0.2, 0.25) is 0 Å². The van der Waals surface area contributed by atoms with E-state index in [1.807, 2.05) is 0 Å². The van der Waals surface area contributed by atoms with Gasteiger partial charge < -0.3 is 1.43 Å². The number of benzene rings is 1. The van der Waals surface area contributed by atoms with Gasteiger partial charge in [-0.25, -0.2) is 0 Å². The van der Waals surface area contributed by atoms with Gasteiger partial charge >= 0.3 is 51.4 Å². The molecule has 0 heterocycles. The van der Waals surface area contributed by atoms with Crippen LogP contribution in [0, 0.1) is 0 Å². The van der Waals surface area contributed by atoms with Crippen molar-refractivity contribution >= 4 is 20.2 Å². The van der Waals surface area contributed by atoms with Gasteiger partial charge in [-0.2, -0.15) is 16.8 Å². The van der Waals surface area contributed by atoms with Crippen LogP contribution in [0.3, 0.4) is 0 Å². The molecule has 0 aliphatic rings. The maximum Gasteiger partial charge on any atom is 1.00 e. The molecule has 0 radical (unpaired) electrons. The minimum atomic E-state index is -4.46. The zero-order valence-corrected chi connectivity index (χ0v) is 12.4. The Labute approximate surface area is 131 Å². The van der Waals surface area contributed by atoms with E-state index in [9.17, 15) is 16.8 Å². The van der Waals surface area contributed by atoms with Crippen LogP contribution in [0.25, 0.3) is 0 Å². The summed E-state index contributed by atoms with van der Waals surface area (Å²) in [6.45, 7) is 0. The Hall–Kier alpha value is 0.676. The fourth-order valence-corrected chi connectivity index (χ4v) is 1.92. The first kappa shape index (κ1) is 15.7. The summed E-state index contributed by atoms with van der Waals surface area (Å²) in [5, 5.41) is 0. The second-order valence-electron chi connectivity index (χ2n) is 2.42. The maximum atomic E-state index is 10.6. The molecule has 9 heteroatoms. The van der Waals surface area contributed by atoms with Crippen LogP contribution in [-0.2, 0) is 20.2 Å². The van der Waals surface area contributed by atoms with Crippen LogP contribution >= 0.6 is 0 Å². The van der Waals surface area contributed by atoms with Crippen LogP contribution in [0.4, 0.5) is 0 Å². The zero-order valence-electron chi connectivity index (χ0n) is 8.65. The van der Waals surface area contributed by atoms with Gasteiger partial charge in [-0.15, -0.1) is 0 Å². The van der Waals surface area contributed by atoms with Gasteiger partial charge in [0.1, 0.15) is 0 Å².